The Kier molecular flexibility index (Phi) is 5.99. The molecule has 1 aliphatic heterocycles. The largest absolute Gasteiger partial charge is 0.416 e. The second kappa shape index (κ2) is 8.30. The molecule has 1 heterocycles. The number of imide groups is 1. The first-order chi connectivity index (χ1) is 13.6. The molecule has 0 aliphatic carbocycles. The number of nitrogens with one attached hydrogen (secondary N) is 1. The summed E-state index contributed by atoms with van der Waals surface area (Å²) in [5.41, 5.74) is -0.550. The molecule has 0 unspecified atom stereocenters. The Morgan fingerprint density at radius 2 is 1.83 bits per heavy atom. The van der Waals surface area contributed by atoms with E-state index >= 15 is 0 Å². The molecule has 0 radical (unpaired) electrons. The molecule has 1 aliphatic rings. The van der Waals surface area contributed by atoms with E-state index in [1.54, 1.807) is 30.3 Å². The summed E-state index contributed by atoms with van der Waals surface area (Å²) in [5, 5.41) is 1.45. The van der Waals surface area contributed by atoms with Crippen LogP contribution in [0, 0.1) is 0 Å². The van der Waals surface area contributed by atoms with Crippen LogP contribution in [-0.2, 0) is 15.8 Å². The van der Waals surface area contributed by atoms with Crippen molar-refractivity contribution in [2.45, 2.75) is 6.18 Å². The third-order valence-corrected chi connectivity index (χ3v) is 5.08. The zero-order chi connectivity index (χ0) is 21.2. The quantitative estimate of drug-likeness (QED) is 0.677. The number of hydrogen-bond donors (Lipinski definition) is 1. The minimum atomic E-state index is -4.61. The molecule has 3 amide bonds. The summed E-state index contributed by atoms with van der Waals surface area (Å²) in [6.45, 7) is -0.649. The van der Waals surface area contributed by atoms with Crippen molar-refractivity contribution in [3.05, 3.63) is 69.6 Å². The van der Waals surface area contributed by atoms with Crippen LogP contribution in [0.1, 0.15) is 11.1 Å². The van der Waals surface area contributed by atoms with Crippen molar-refractivity contribution in [3.63, 3.8) is 0 Å². The maximum Gasteiger partial charge on any atom is 0.416 e. The number of amides is 3. The zero-order valence-corrected chi connectivity index (χ0v) is 16.1. The van der Waals surface area contributed by atoms with Gasteiger partial charge in [-0.3, -0.25) is 19.3 Å². The lowest BCUT2D eigenvalue weighted by molar-refractivity contribution is -0.137. The first kappa shape index (κ1) is 20.9. The molecular formula is C19H12ClF3N2O3S. The molecule has 1 fully saturated rings. The van der Waals surface area contributed by atoms with Gasteiger partial charge in [-0.15, -0.1) is 0 Å². The van der Waals surface area contributed by atoms with E-state index in [9.17, 15) is 27.6 Å². The predicted molar refractivity (Wildman–Crippen MR) is 104 cm³/mol. The monoisotopic (exact) mass is 440 g/mol. The van der Waals surface area contributed by atoms with Crippen molar-refractivity contribution in [2.75, 3.05) is 11.9 Å². The van der Waals surface area contributed by atoms with E-state index in [4.69, 9.17) is 11.6 Å². The SMILES string of the molecule is O=C(CN1C(=O)S/C(=C/c2ccccc2)C1=O)Nc1cc(C(F)(F)F)ccc1Cl. The van der Waals surface area contributed by atoms with Crippen molar-refractivity contribution in [3.8, 4) is 0 Å². The zero-order valence-electron chi connectivity index (χ0n) is 14.5. The van der Waals surface area contributed by atoms with E-state index in [2.05, 4.69) is 5.32 Å². The van der Waals surface area contributed by atoms with Gasteiger partial charge in [-0.25, -0.2) is 0 Å². The summed E-state index contributed by atoms with van der Waals surface area (Å²) >= 11 is 6.51. The van der Waals surface area contributed by atoms with Crippen LogP contribution >= 0.6 is 23.4 Å². The average molecular weight is 441 g/mol. The topological polar surface area (TPSA) is 66.5 Å². The Morgan fingerprint density at radius 1 is 1.14 bits per heavy atom. The maximum absolute atomic E-state index is 12.8. The molecule has 1 saturated heterocycles. The van der Waals surface area contributed by atoms with Gasteiger partial charge in [0.15, 0.2) is 0 Å². The molecule has 2 aromatic carbocycles. The normalized spacial score (nSPS) is 15.9. The average Bonchev–Trinajstić information content (AvgIpc) is 2.91. The number of alkyl halides is 3. The molecule has 3 rings (SSSR count). The van der Waals surface area contributed by atoms with Gasteiger partial charge in [0, 0.05) is 0 Å². The first-order valence-electron chi connectivity index (χ1n) is 8.12. The lowest BCUT2D eigenvalue weighted by Crippen LogP contribution is -2.36. The molecule has 0 bridgehead atoms. The summed E-state index contributed by atoms with van der Waals surface area (Å²) < 4.78 is 38.5. The summed E-state index contributed by atoms with van der Waals surface area (Å²) in [4.78, 5) is 37.6. The second-order valence-corrected chi connectivity index (χ2v) is 7.32. The molecule has 0 spiro atoms. The molecular weight excluding hydrogens is 429 g/mol. The number of benzene rings is 2. The van der Waals surface area contributed by atoms with Gasteiger partial charge in [-0.2, -0.15) is 13.2 Å². The van der Waals surface area contributed by atoms with Crippen LogP contribution < -0.4 is 5.32 Å². The van der Waals surface area contributed by atoms with Gasteiger partial charge < -0.3 is 5.32 Å². The van der Waals surface area contributed by atoms with Crippen LogP contribution in [0.15, 0.2) is 53.4 Å². The molecule has 0 saturated carbocycles. The van der Waals surface area contributed by atoms with E-state index in [1.807, 2.05) is 0 Å². The highest BCUT2D eigenvalue weighted by molar-refractivity contribution is 8.18. The highest BCUT2D eigenvalue weighted by Gasteiger charge is 2.36. The van der Waals surface area contributed by atoms with Gasteiger partial charge in [0.05, 0.1) is 21.2 Å². The Balaban J connectivity index is 1.72. The van der Waals surface area contributed by atoms with Crippen LogP contribution in [0.25, 0.3) is 6.08 Å². The summed E-state index contributed by atoms with van der Waals surface area (Å²) in [6.07, 6.45) is -3.09. The van der Waals surface area contributed by atoms with Crippen LogP contribution in [0.2, 0.25) is 5.02 Å². The highest BCUT2D eigenvalue weighted by atomic mass is 35.5. The smallest absolute Gasteiger partial charge is 0.323 e. The molecule has 0 aromatic heterocycles. The fourth-order valence-electron chi connectivity index (χ4n) is 2.47. The molecule has 10 heteroatoms. The molecule has 1 N–H and O–H groups in total. The predicted octanol–water partition coefficient (Wildman–Crippen LogP) is 5.03. The molecule has 5 nitrogen and oxygen atoms in total. The summed E-state index contributed by atoms with van der Waals surface area (Å²) in [5.74, 6) is -1.51. The van der Waals surface area contributed by atoms with E-state index in [0.29, 0.717) is 23.4 Å². The highest BCUT2D eigenvalue weighted by Crippen LogP contribution is 2.34. The number of hydrogen-bond acceptors (Lipinski definition) is 4. The first-order valence-corrected chi connectivity index (χ1v) is 9.31. The van der Waals surface area contributed by atoms with E-state index in [0.717, 1.165) is 17.0 Å². The van der Waals surface area contributed by atoms with E-state index in [-0.39, 0.29) is 15.6 Å². The number of carbonyl (C=O) groups excluding carboxylic acids is 3. The maximum atomic E-state index is 12.8. The fourth-order valence-corrected chi connectivity index (χ4v) is 3.47. The van der Waals surface area contributed by atoms with E-state index < -0.39 is 35.3 Å². The van der Waals surface area contributed by atoms with Gasteiger partial charge in [0.25, 0.3) is 11.1 Å². The van der Waals surface area contributed by atoms with E-state index in [1.165, 1.54) is 6.08 Å². The van der Waals surface area contributed by atoms with Gasteiger partial charge in [0.2, 0.25) is 5.91 Å². The number of anilines is 1. The third kappa shape index (κ3) is 4.99. The number of halogens is 4. The second-order valence-electron chi connectivity index (χ2n) is 5.92. The lowest BCUT2D eigenvalue weighted by Gasteiger charge is -2.14. The number of carbonyl (C=O) groups is 3. The standard InChI is InChI=1S/C19H12ClF3N2O3S/c20-13-7-6-12(19(21,22)23)9-14(13)24-16(26)10-25-17(27)15(29-18(25)28)8-11-4-2-1-3-5-11/h1-9H,10H2,(H,24,26)/b15-8+. The molecule has 150 valence electrons. The fraction of sp³-hybridized carbons (Fsp3) is 0.105. The van der Waals surface area contributed by atoms with Crippen molar-refractivity contribution >= 4 is 52.2 Å². The Bertz CT molecular complexity index is 1010. The third-order valence-electron chi connectivity index (χ3n) is 3.84. The van der Waals surface area contributed by atoms with Crippen LogP contribution in [0.3, 0.4) is 0 Å². The Labute approximate surface area is 172 Å². The Morgan fingerprint density at radius 3 is 2.48 bits per heavy atom. The van der Waals surface area contributed by atoms with Crippen LogP contribution in [0.5, 0.6) is 0 Å². The van der Waals surface area contributed by atoms with Gasteiger partial charge in [-0.1, -0.05) is 41.9 Å². The number of thioether (sulfide) groups is 1. The minimum absolute atomic E-state index is 0.107. The summed E-state index contributed by atoms with van der Waals surface area (Å²) in [6, 6.07) is 11.3. The van der Waals surface area contributed by atoms with Gasteiger partial charge in [0.1, 0.15) is 6.54 Å². The minimum Gasteiger partial charge on any atom is -0.323 e. The van der Waals surface area contributed by atoms with Crippen LogP contribution in [0.4, 0.5) is 23.7 Å². The molecule has 2 aromatic rings. The van der Waals surface area contributed by atoms with Crippen LogP contribution in [-0.4, -0.2) is 28.5 Å². The summed E-state index contributed by atoms with van der Waals surface area (Å²) in [7, 11) is 0. The number of rotatable bonds is 4. The lowest BCUT2D eigenvalue weighted by atomic mass is 10.2. The van der Waals surface area contributed by atoms with Crippen molar-refractivity contribution in [1.82, 2.24) is 4.90 Å². The van der Waals surface area contributed by atoms with Crippen molar-refractivity contribution in [1.29, 1.82) is 0 Å². The number of nitrogens with zero attached hydrogens (tertiary/aromatic N) is 1. The van der Waals surface area contributed by atoms with Gasteiger partial charge in [-0.05, 0) is 41.6 Å². The molecule has 0 atom stereocenters. The van der Waals surface area contributed by atoms with Gasteiger partial charge >= 0.3 is 6.18 Å². The Hall–Kier alpha value is -2.78. The van der Waals surface area contributed by atoms with Crippen molar-refractivity contribution < 1.29 is 27.6 Å². The molecule has 29 heavy (non-hydrogen) atoms. The van der Waals surface area contributed by atoms with Crippen molar-refractivity contribution in [2.24, 2.45) is 0 Å².